The lowest BCUT2D eigenvalue weighted by molar-refractivity contribution is 0.388. The SMILES string of the molecule is C1=CC(CCCCCC2CO2)SS1. The third-order valence-electron chi connectivity index (χ3n) is 2.45. The van der Waals surface area contributed by atoms with Crippen LogP contribution in [0.5, 0.6) is 0 Å². The predicted octanol–water partition coefficient (Wildman–Crippen LogP) is 3.61. The Morgan fingerprint density at radius 1 is 1.23 bits per heavy atom. The van der Waals surface area contributed by atoms with Crippen LogP contribution in [-0.4, -0.2) is 18.0 Å². The van der Waals surface area contributed by atoms with E-state index >= 15 is 0 Å². The van der Waals surface area contributed by atoms with Crippen LogP contribution in [0.2, 0.25) is 0 Å². The summed E-state index contributed by atoms with van der Waals surface area (Å²) < 4.78 is 5.17. The van der Waals surface area contributed by atoms with Gasteiger partial charge in [0.05, 0.1) is 12.7 Å². The Hall–Kier alpha value is 0.400. The van der Waals surface area contributed by atoms with Crippen LogP contribution < -0.4 is 0 Å². The quantitative estimate of drug-likeness (QED) is 0.382. The zero-order valence-corrected chi connectivity index (χ0v) is 9.41. The number of ether oxygens (including phenoxy) is 1. The van der Waals surface area contributed by atoms with Crippen molar-refractivity contribution >= 4 is 21.6 Å². The number of epoxide rings is 1. The van der Waals surface area contributed by atoms with Crippen LogP contribution in [0.4, 0.5) is 0 Å². The third kappa shape index (κ3) is 3.96. The van der Waals surface area contributed by atoms with Crippen molar-refractivity contribution in [3.05, 3.63) is 11.5 Å². The summed E-state index contributed by atoms with van der Waals surface area (Å²) in [4.78, 5) is 0. The fraction of sp³-hybridized carbons (Fsp3) is 0.800. The lowest BCUT2D eigenvalue weighted by atomic mass is 10.1. The van der Waals surface area contributed by atoms with Gasteiger partial charge in [0.15, 0.2) is 0 Å². The van der Waals surface area contributed by atoms with Crippen LogP contribution in [0, 0.1) is 0 Å². The van der Waals surface area contributed by atoms with Crippen LogP contribution in [0.1, 0.15) is 32.1 Å². The summed E-state index contributed by atoms with van der Waals surface area (Å²) in [6.45, 7) is 1.03. The van der Waals surface area contributed by atoms with Crippen molar-refractivity contribution in [2.24, 2.45) is 0 Å². The summed E-state index contributed by atoms with van der Waals surface area (Å²) >= 11 is 0. The summed E-state index contributed by atoms with van der Waals surface area (Å²) in [6.07, 6.45) is 9.75. The minimum absolute atomic E-state index is 0.635. The average molecular weight is 216 g/mol. The van der Waals surface area contributed by atoms with E-state index in [4.69, 9.17) is 4.74 Å². The normalized spacial score (nSPS) is 31.1. The Balaban J connectivity index is 1.41. The zero-order valence-electron chi connectivity index (χ0n) is 7.78. The molecule has 74 valence electrons. The number of unbranched alkanes of at least 4 members (excludes halogenated alkanes) is 2. The van der Waals surface area contributed by atoms with E-state index < -0.39 is 0 Å². The Labute approximate surface area is 88.1 Å². The van der Waals surface area contributed by atoms with Gasteiger partial charge in [-0.3, -0.25) is 0 Å². The molecule has 2 aliphatic heterocycles. The minimum Gasteiger partial charge on any atom is -0.373 e. The molecule has 0 amide bonds. The molecular formula is C10H16OS2. The number of hydrogen-bond acceptors (Lipinski definition) is 3. The average Bonchev–Trinajstić information content (AvgIpc) is 2.81. The van der Waals surface area contributed by atoms with Crippen LogP contribution >= 0.6 is 21.6 Å². The lowest BCUT2D eigenvalue weighted by Gasteiger charge is -2.04. The predicted molar refractivity (Wildman–Crippen MR) is 60.9 cm³/mol. The molecule has 0 spiro atoms. The molecule has 13 heavy (non-hydrogen) atoms. The molecule has 0 aromatic carbocycles. The maximum Gasteiger partial charge on any atom is 0.0810 e. The summed E-state index contributed by atoms with van der Waals surface area (Å²) in [7, 11) is 3.88. The Morgan fingerprint density at radius 2 is 2.08 bits per heavy atom. The molecule has 0 saturated carbocycles. The van der Waals surface area contributed by atoms with E-state index in [0.717, 1.165) is 11.9 Å². The summed E-state index contributed by atoms with van der Waals surface area (Å²) in [5.41, 5.74) is 0. The second kappa shape index (κ2) is 5.32. The molecule has 1 fully saturated rings. The van der Waals surface area contributed by atoms with Crippen molar-refractivity contribution in [1.29, 1.82) is 0 Å². The van der Waals surface area contributed by atoms with Crippen molar-refractivity contribution in [1.82, 2.24) is 0 Å². The maximum atomic E-state index is 5.17. The van der Waals surface area contributed by atoms with Gasteiger partial charge in [0.2, 0.25) is 0 Å². The topological polar surface area (TPSA) is 12.5 Å². The molecule has 0 aromatic heterocycles. The van der Waals surface area contributed by atoms with Crippen molar-refractivity contribution in [2.45, 2.75) is 43.5 Å². The van der Waals surface area contributed by atoms with Gasteiger partial charge in [-0.25, -0.2) is 0 Å². The molecule has 1 saturated heterocycles. The highest BCUT2D eigenvalue weighted by Crippen LogP contribution is 2.37. The Kier molecular flexibility index (Phi) is 4.07. The first kappa shape index (κ1) is 9.94. The van der Waals surface area contributed by atoms with Gasteiger partial charge in [-0.1, -0.05) is 46.9 Å². The van der Waals surface area contributed by atoms with E-state index in [1.54, 1.807) is 0 Å². The van der Waals surface area contributed by atoms with Crippen molar-refractivity contribution < 1.29 is 4.74 Å². The highest BCUT2D eigenvalue weighted by atomic mass is 33.1. The van der Waals surface area contributed by atoms with Gasteiger partial charge in [0.25, 0.3) is 0 Å². The zero-order chi connectivity index (χ0) is 8.93. The summed E-state index contributed by atoms with van der Waals surface area (Å²) in [6, 6.07) is 0. The smallest absolute Gasteiger partial charge is 0.0810 e. The van der Waals surface area contributed by atoms with Gasteiger partial charge in [-0.2, -0.15) is 0 Å². The van der Waals surface area contributed by atoms with E-state index in [-0.39, 0.29) is 0 Å². The van der Waals surface area contributed by atoms with Crippen molar-refractivity contribution in [3.63, 3.8) is 0 Å². The van der Waals surface area contributed by atoms with Crippen molar-refractivity contribution in [3.8, 4) is 0 Å². The molecule has 2 atom stereocenters. The second-order valence-corrected chi connectivity index (χ2v) is 6.07. The van der Waals surface area contributed by atoms with Gasteiger partial charge in [-0.05, 0) is 18.2 Å². The monoisotopic (exact) mass is 216 g/mol. The molecule has 3 heteroatoms. The summed E-state index contributed by atoms with van der Waals surface area (Å²) in [5.74, 6) is 0. The highest BCUT2D eigenvalue weighted by Gasteiger charge is 2.21. The molecular weight excluding hydrogens is 200 g/mol. The van der Waals surface area contributed by atoms with E-state index in [2.05, 4.69) is 11.5 Å². The first-order chi connectivity index (χ1) is 6.45. The third-order valence-corrected chi connectivity index (χ3v) is 4.87. The van der Waals surface area contributed by atoms with E-state index in [1.807, 2.05) is 21.6 Å². The molecule has 0 N–H and O–H groups in total. The molecule has 0 bridgehead atoms. The van der Waals surface area contributed by atoms with Gasteiger partial charge in [0, 0.05) is 5.25 Å². The maximum absolute atomic E-state index is 5.17. The highest BCUT2D eigenvalue weighted by molar-refractivity contribution is 8.78. The van der Waals surface area contributed by atoms with Gasteiger partial charge in [-0.15, -0.1) is 0 Å². The standard InChI is InChI=1S/C10H16OS2/c1(2-4-9-8-11-9)3-5-10-6-7-12-13-10/h6-7,9-10H,1-5,8H2. The molecule has 0 aliphatic carbocycles. The van der Waals surface area contributed by atoms with E-state index in [0.29, 0.717) is 6.10 Å². The van der Waals surface area contributed by atoms with E-state index in [1.165, 1.54) is 32.1 Å². The van der Waals surface area contributed by atoms with Crippen LogP contribution in [0.25, 0.3) is 0 Å². The minimum atomic E-state index is 0.635. The van der Waals surface area contributed by atoms with Gasteiger partial charge >= 0.3 is 0 Å². The molecule has 0 aromatic rings. The van der Waals surface area contributed by atoms with Crippen LogP contribution in [0.15, 0.2) is 11.5 Å². The molecule has 0 radical (unpaired) electrons. The van der Waals surface area contributed by atoms with E-state index in [9.17, 15) is 0 Å². The van der Waals surface area contributed by atoms with Crippen molar-refractivity contribution in [2.75, 3.05) is 6.61 Å². The fourth-order valence-electron chi connectivity index (χ4n) is 1.53. The Bertz CT molecular complexity index is 178. The largest absolute Gasteiger partial charge is 0.373 e. The van der Waals surface area contributed by atoms with Crippen LogP contribution in [-0.2, 0) is 4.74 Å². The lowest BCUT2D eigenvalue weighted by Crippen LogP contribution is -1.93. The number of rotatable bonds is 6. The van der Waals surface area contributed by atoms with Gasteiger partial charge < -0.3 is 4.74 Å². The first-order valence-electron chi connectivity index (χ1n) is 5.05. The van der Waals surface area contributed by atoms with Crippen LogP contribution in [0.3, 0.4) is 0 Å². The molecule has 1 nitrogen and oxygen atoms in total. The molecule has 2 heterocycles. The first-order valence-corrected chi connectivity index (χ1v) is 7.33. The molecule has 2 rings (SSSR count). The molecule has 2 unspecified atom stereocenters. The Morgan fingerprint density at radius 3 is 2.77 bits per heavy atom. The summed E-state index contributed by atoms with van der Waals surface area (Å²) in [5, 5.41) is 3.01. The second-order valence-electron chi connectivity index (χ2n) is 3.65. The number of hydrogen-bond donors (Lipinski definition) is 0. The molecule has 2 aliphatic rings. The van der Waals surface area contributed by atoms with Gasteiger partial charge in [0.1, 0.15) is 0 Å². The fourth-order valence-corrected chi connectivity index (χ4v) is 3.79.